The molecule has 1 aliphatic heterocycles. The number of benzene rings is 1. The number of aliphatic hydroxyl groups excluding tert-OH is 1. The summed E-state index contributed by atoms with van der Waals surface area (Å²) in [6, 6.07) is 5.75. The lowest BCUT2D eigenvalue weighted by atomic mass is 10.00. The summed E-state index contributed by atoms with van der Waals surface area (Å²) in [5.74, 6) is 0.0380. The van der Waals surface area contributed by atoms with E-state index in [9.17, 15) is 4.79 Å². The number of hydrogen-bond acceptors (Lipinski definition) is 3. The standard InChI is InChI=1S/C12H16N2O2/c13-10(2-1-5-15)8-3-4-11-9(6-8)7-12(16)14-11/h3-4,6,10,15H,1-2,5,7,13H2,(H,14,16). The maximum absolute atomic E-state index is 11.2. The molecule has 0 saturated carbocycles. The van der Waals surface area contributed by atoms with Crippen molar-refractivity contribution < 1.29 is 9.90 Å². The molecule has 1 aliphatic rings. The number of nitrogens with two attached hydrogens (primary N) is 1. The van der Waals surface area contributed by atoms with Crippen LogP contribution in [0.5, 0.6) is 0 Å². The Bertz CT molecular complexity index is 404. The smallest absolute Gasteiger partial charge is 0.228 e. The van der Waals surface area contributed by atoms with Crippen molar-refractivity contribution in [2.24, 2.45) is 5.73 Å². The number of fused-ring (bicyclic) bond motifs is 1. The third-order valence-electron chi connectivity index (χ3n) is 2.86. The van der Waals surface area contributed by atoms with E-state index < -0.39 is 0 Å². The second-order valence-corrected chi connectivity index (χ2v) is 4.11. The highest BCUT2D eigenvalue weighted by molar-refractivity contribution is 5.99. The van der Waals surface area contributed by atoms with Crippen molar-refractivity contribution in [2.75, 3.05) is 11.9 Å². The molecule has 1 aromatic carbocycles. The molecule has 1 amide bonds. The van der Waals surface area contributed by atoms with Gasteiger partial charge in [-0.1, -0.05) is 12.1 Å². The SMILES string of the molecule is NC(CCCO)c1ccc2c(c1)CC(=O)N2. The summed E-state index contributed by atoms with van der Waals surface area (Å²) in [6.07, 6.45) is 1.90. The van der Waals surface area contributed by atoms with E-state index >= 15 is 0 Å². The van der Waals surface area contributed by atoms with Gasteiger partial charge in [-0.25, -0.2) is 0 Å². The van der Waals surface area contributed by atoms with Crippen molar-refractivity contribution in [1.29, 1.82) is 0 Å². The van der Waals surface area contributed by atoms with Gasteiger partial charge in [-0.15, -0.1) is 0 Å². The average Bonchev–Trinajstić information content (AvgIpc) is 2.64. The quantitative estimate of drug-likeness (QED) is 0.707. The van der Waals surface area contributed by atoms with E-state index in [0.717, 1.165) is 23.2 Å². The van der Waals surface area contributed by atoms with Crippen LogP contribution < -0.4 is 11.1 Å². The molecule has 16 heavy (non-hydrogen) atoms. The fourth-order valence-electron chi connectivity index (χ4n) is 1.96. The second-order valence-electron chi connectivity index (χ2n) is 4.11. The van der Waals surface area contributed by atoms with Crippen molar-refractivity contribution in [3.05, 3.63) is 29.3 Å². The van der Waals surface area contributed by atoms with Crippen LogP contribution in [0.25, 0.3) is 0 Å². The number of carbonyl (C=O) groups excluding carboxylic acids is 1. The monoisotopic (exact) mass is 220 g/mol. The van der Waals surface area contributed by atoms with Gasteiger partial charge < -0.3 is 16.2 Å². The molecule has 4 heteroatoms. The molecule has 0 saturated heterocycles. The van der Waals surface area contributed by atoms with Gasteiger partial charge in [-0.05, 0) is 30.0 Å². The van der Waals surface area contributed by atoms with Crippen molar-refractivity contribution in [3.63, 3.8) is 0 Å². The molecule has 4 nitrogen and oxygen atoms in total. The molecule has 0 aliphatic carbocycles. The lowest BCUT2D eigenvalue weighted by molar-refractivity contribution is -0.115. The minimum absolute atomic E-state index is 0.0380. The number of hydrogen-bond donors (Lipinski definition) is 3. The van der Waals surface area contributed by atoms with Crippen molar-refractivity contribution >= 4 is 11.6 Å². The molecule has 4 N–H and O–H groups in total. The maximum atomic E-state index is 11.2. The van der Waals surface area contributed by atoms with Crippen LogP contribution >= 0.6 is 0 Å². The zero-order chi connectivity index (χ0) is 11.5. The van der Waals surface area contributed by atoms with E-state index in [1.807, 2.05) is 18.2 Å². The predicted octanol–water partition coefficient (Wildman–Crippen LogP) is 0.954. The first-order valence-corrected chi connectivity index (χ1v) is 5.50. The Labute approximate surface area is 94.5 Å². The normalized spacial score (nSPS) is 15.8. The van der Waals surface area contributed by atoms with Gasteiger partial charge >= 0.3 is 0 Å². The summed E-state index contributed by atoms with van der Waals surface area (Å²) in [4.78, 5) is 11.2. The van der Waals surface area contributed by atoms with Gasteiger partial charge in [0.05, 0.1) is 6.42 Å². The first-order valence-electron chi connectivity index (χ1n) is 5.50. The Hall–Kier alpha value is -1.39. The fraction of sp³-hybridized carbons (Fsp3) is 0.417. The van der Waals surface area contributed by atoms with Crippen molar-refractivity contribution in [1.82, 2.24) is 0 Å². The Morgan fingerprint density at radius 3 is 3.06 bits per heavy atom. The molecule has 1 atom stereocenters. The summed E-state index contributed by atoms with van der Waals surface area (Å²) in [5, 5.41) is 11.5. The number of aliphatic hydroxyl groups is 1. The summed E-state index contributed by atoms with van der Waals surface area (Å²) in [6.45, 7) is 0.165. The van der Waals surface area contributed by atoms with Crippen LogP contribution in [0.2, 0.25) is 0 Å². The summed E-state index contributed by atoms with van der Waals surface area (Å²) in [7, 11) is 0. The molecular weight excluding hydrogens is 204 g/mol. The van der Waals surface area contributed by atoms with Crippen LogP contribution in [0, 0.1) is 0 Å². The molecule has 0 bridgehead atoms. The lowest BCUT2D eigenvalue weighted by Crippen LogP contribution is -2.11. The Morgan fingerprint density at radius 2 is 2.31 bits per heavy atom. The molecule has 2 rings (SSSR count). The molecular formula is C12H16N2O2. The van der Waals surface area contributed by atoms with Crippen LogP contribution in [-0.4, -0.2) is 17.6 Å². The minimum atomic E-state index is -0.0619. The van der Waals surface area contributed by atoms with E-state index in [-0.39, 0.29) is 18.6 Å². The number of carbonyl (C=O) groups is 1. The minimum Gasteiger partial charge on any atom is -0.396 e. The Morgan fingerprint density at radius 1 is 1.50 bits per heavy atom. The molecule has 0 fully saturated rings. The zero-order valence-electron chi connectivity index (χ0n) is 9.07. The van der Waals surface area contributed by atoms with E-state index in [0.29, 0.717) is 12.8 Å². The zero-order valence-corrected chi connectivity index (χ0v) is 9.07. The molecule has 1 heterocycles. The van der Waals surface area contributed by atoms with Crippen molar-refractivity contribution in [3.8, 4) is 0 Å². The van der Waals surface area contributed by atoms with Gasteiger partial charge in [0.25, 0.3) is 0 Å². The summed E-state index contributed by atoms with van der Waals surface area (Å²) < 4.78 is 0. The maximum Gasteiger partial charge on any atom is 0.228 e. The molecule has 0 spiro atoms. The number of nitrogens with one attached hydrogen (secondary N) is 1. The molecule has 1 unspecified atom stereocenters. The van der Waals surface area contributed by atoms with Gasteiger partial charge in [-0.2, -0.15) is 0 Å². The first-order chi connectivity index (χ1) is 7.70. The second kappa shape index (κ2) is 4.63. The topological polar surface area (TPSA) is 75.3 Å². The van der Waals surface area contributed by atoms with Gasteiger partial charge in [0.1, 0.15) is 0 Å². The highest BCUT2D eigenvalue weighted by Gasteiger charge is 2.18. The van der Waals surface area contributed by atoms with Crippen LogP contribution in [0.4, 0.5) is 5.69 Å². The largest absolute Gasteiger partial charge is 0.396 e. The van der Waals surface area contributed by atoms with Crippen LogP contribution in [0.1, 0.15) is 30.0 Å². The van der Waals surface area contributed by atoms with E-state index in [1.165, 1.54) is 0 Å². The molecule has 0 aromatic heterocycles. The predicted molar refractivity (Wildman–Crippen MR) is 62.0 cm³/mol. The molecule has 86 valence electrons. The Balaban J connectivity index is 2.12. The third kappa shape index (κ3) is 2.23. The van der Waals surface area contributed by atoms with Gasteiger partial charge in [-0.3, -0.25) is 4.79 Å². The average molecular weight is 220 g/mol. The van der Waals surface area contributed by atoms with Gasteiger partial charge in [0.15, 0.2) is 0 Å². The fourth-order valence-corrected chi connectivity index (χ4v) is 1.96. The van der Waals surface area contributed by atoms with E-state index in [1.54, 1.807) is 0 Å². The van der Waals surface area contributed by atoms with Gasteiger partial charge in [0, 0.05) is 18.3 Å². The summed E-state index contributed by atoms with van der Waals surface area (Å²) in [5.41, 5.74) is 8.93. The van der Waals surface area contributed by atoms with E-state index in [2.05, 4.69) is 5.32 Å². The summed E-state index contributed by atoms with van der Waals surface area (Å²) >= 11 is 0. The lowest BCUT2D eigenvalue weighted by Gasteiger charge is -2.12. The number of anilines is 1. The van der Waals surface area contributed by atoms with Crippen LogP contribution in [-0.2, 0) is 11.2 Å². The van der Waals surface area contributed by atoms with Crippen LogP contribution in [0.3, 0.4) is 0 Å². The third-order valence-corrected chi connectivity index (χ3v) is 2.86. The Kier molecular flexibility index (Phi) is 3.22. The van der Waals surface area contributed by atoms with Crippen LogP contribution in [0.15, 0.2) is 18.2 Å². The number of rotatable bonds is 4. The van der Waals surface area contributed by atoms with Crippen molar-refractivity contribution in [2.45, 2.75) is 25.3 Å². The van der Waals surface area contributed by atoms with Gasteiger partial charge in [0.2, 0.25) is 5.91 Å². The number of amides is 1. The van der Waals surface area contributed by atoms with E-state index in [4.69, 9.17) is 10.8 Å². The highest BCUT2D eigenvalue weighted by atomic mass is 16.2. The highest BCUT2D eigenvalue weighted by Crippen LogP contribution is 2.26. The molecule has 1 aromatic rings. The molecule has 0 radical (unpaired) electrons. The first kappa shape index (κ1) is 11.1.